The number of amides is 1. The van der Waals surface area contributed by atoms with E-state index in [1.165, 1.54) is 0 Å². The Kier molecular flexibility index (Phi) is 8.37. The van der Waals surface area contributed by atoms with Crippen molar-refractivity contribution in [2.45, 2.75) is 52.5 Å². The van der Waals surface area contributed by atoms with Crippen LogP contribution in [0.15, 0.2) is 36.4 Å². The molecular formula is C24H33NO4. The molecule has 29 heavy (non-hydrogen) atoms. The number of nitrogens with one attached hydrogen (secondary N) is 1. The van der Waals surface area contributed by atoms with Gasteiger partial charge in [0.15, 0.2) is 0 Å². The monoisotopic (exact) mass is 399 g/mol. The number of hydrogen-bond acceptors (Lipinski definition) is 4. The highest BCUT2D eigenvalue weighted by atomic mass is 16.5. The molecule has 0 aliphatic rings. The second-order valence-corrected chi connectivity index (χ2v) is 7.52. The Hall–Kier alpha value is -2.69. The highest BCUT2D eigenvalue weighted by molar-refractivity contribution is 5.76. The Morgan fingerprint density at radius 1 is 0.966 bits per heavy atom. The molecule has 1 unspecified atom stereocenters. The van der Waals surface area contributed by atoms with Gasteiger partial charge >= 0.3 is 0 Å². The van der Waals surface area contributed by atoms with Crippen molar-refractivity contribution in [2.24, 2.45) is 0 Å². The first kappa shape index (κ1) is 22.6. The van der Waals surface area contributed by atoms with Gasteiger partial charge in [-0.05, 0) is 79.3 Å². The van der Waals surface area contributed by atoms with E-state index in [0.717, 1.165) is 33.9 Å². The van der Waals surface area contributed by atoms with Crippen molar-refractivity contribution in [1.29, 1.82) is 0 Å². The third-order valence-electron chi connectivity index (χ3n) is 4.96. The number of benzene rings is 2. The molecule has 158 valence electrons. The summed E-state index contributed by atoms with van der Waals surface area (Å²) in [6.07, 6.45) is 1.08. The van der Waals surface area contributed by atoms with Gasteiger partial charge in [0.25, 0.3) is 0 Å². The molecule has 0 fully saturated rings. The van der Waals surface area contributed by atoms with Crippen molar-refractivity contribution in [3.8, 4) is 17.2 Å². The van der Waals surface area contributed by atoms with Gasteiger partial charge in [0, 0.05) is 6.42 Å². The minimum Gasteiger partial charge on any atom is -0.497 e. The molecule has 0 aliphatic carbocycles. The smallest absolute Gasteiger partial charge is 0.220 e. The quantitative estimate of drug-likeness (QED) is 0.560. The number of carbonyl (C=O) groups excluding carboxylic acids is 1. The highest BCUT2D eigenvalue weighted by Crippen LogP contribution is 2.32. The van der Waals surface area contributed by atoms with Crippen LogP contribution in [0.2, 0.25) is 0 Å². The van der Waals surface area contributed by atoms with Gasteiger partial charge in [0.1, 0.15) is 17.2 Å². The van der Waals surface area contributed by atoms with Crippen LogP contribution in [-0.4, -0.2) is 26.7 Å². The van der Waals surface area contributed by atoms with Crippen LogP contribution in [0.3, 0.4) is 0 Å². The first-order valence-corrected chi connectivity index (χ1v) is 10.1. The van der Waals surface area contributed by atoms with E-state index in [9.17, 15) is 4.79 Å². The second kappa shape index (κ2) is 10.7. The van der Waals surface area contributed by atoms with Crippen LogP contribution < -0.4 is 19.5 Å². The van der Waals surface area contributed by atoms with Crippen LogP contribution >= 0.6 is 0 Å². The SMILES string of the molecule is COc1ccc(OCCCC(=O)NC(C)c2cc(C(C)C)c(OC)cc2C)cc1. The first-order chi connectivity index (χ1) is 13.8. The summed E-state index contributed by atoms with van der Waals surface area (Å²) in [6, 6.07) is 11.6. The Balaban J connectivity index is 1.86. The summed E-state index contributed by atoms with van der Waals surface area (Å²) in [7, 11) is 3.33. The molecule has 5 nitrogen and oxygen atoms in total. The molecule has 0 saturated carbocycles. The maximum absolute atomic E-state index is 12.4. The molecule has 1 amide bonds. The summed E-state index contributed by atoms with van der Waals surface area (Å²) in [5.41, 5.74) is 3.39. The average Bonchev–Trinajstić information content (AvgIpc) is 2.70. The van der Waals surface area contributed by atoms with Crippen molar-refractivity contribution in [1.82, 2.24) is 5.32 Å². The number of rotatable bonds is 10. The van der Waals surface area contributed by atoms with E-state index in [-0.39, 0.29) is 11.9 Å². The Morgan fingerprint density at radius 2 is 1.62 bits per heavy atom. The normalized spacial score (nSPS) is 11.8. The zero-order valence-corrected chi connectivity index (χ0v) is 18.4. The zero-order chi connectivity index (χ0) is 21.4. The van der Waals surface area contributed by atoms with Gasteiger partial charge < -0.3 is 19.5 Å². The molecule has 0 heterocycles. The molecule has 2 aromatic carbocycles. The van der Waals surface area contributed by atoms with Crippen LogP contribution in [-0.2, 0) is 4.79 Å². The third kappa shape index (κ3) is 6.41. The van der Waals surface area contributed by atoms with Crippen LogP contribution in [0.1, 0.15) is 62.3 Å². The lowest BCUT2D eigenvalue weighted by atomic mass is 9.93. The predicted octanol–water partition coefficient (Wildman–Crippen LogP) is 5.17. The number of carbonyl (C=O) groups is 1. The minimum absolute atomic E-state index is 0.0251. The molecule has 1 atom stereocenters. The summed E-state index contributed by atoms with van der Waals surface area (Å²) < 4.78 is 16.3. The van der Waals surface area contributed by atoms with Gasteiger partial charge in [-0.1, -0.05) is 13.8 Å². The minimum atomic E-state index is -0.0617. The van der Waals surface area contributed by atoms with Gasteiger partial charge in [-0.15, -0.1) is 0 Å². The van der Waals surface area contributed by atoms with Crippen molar-refractivity contribution in [3.05, 3.63) is 53.1 Å². The van der Waals surface area contributed by atoms with Gasteiger partial charge in [-0.2, -0.15) is 0 Å². The Labute approximate surface area is 174 Å². The topological polar surface area (TPSA) is 56.8 Å². The highest BCUT2D eigenvalue weighted by Gasteiger charge is 2.16. The maximum atomic E-state index is 12.4. The molecule has 2 aromatic rings. The molecule has 0 aromatic heterocycles. The Bertz CT molecular complexity index is 799. The second-order valence-electron chi connectivity index (χ2n) is 7.52. The van der Waals surface area contributed by atoms with E-state index in [0.29, 0.717) is 25.4 Å². The molecule has 0 aliphatic heterocycles. The summed E-state index contributed by atoms with van der Waals surface area (Å²) in [5.74, 6) is 2.84. The maximum Gasteiger partial charge on any atom is 0.220 e. The molecule has 1 N–H and O–H groups in total. The van der Waals surface area contributed by atoms with Gasteiger partial charge in [-0.3, -0.25) is 4.79 Å². The molecule has 0 bridgehead atoms. The molecule has 0 spiro atoms. The van der Waals surface area contributed by atoms with Gasteiger partial charge in [0.05, 0.1) is 26.9 Å². The standard InChI is InChI=1S/C24H33NO4/c1-16(2)21-15-22(17(3)14-23(21)28-6)18(4)25-24(26)8-7-13-29-20-11-9-19(27-5)10-12-20/h9-12,14-16,18H,7-8,13H2,1-6H3,(H,25,26). The van der Waals surface area contributed by atoms with Crippen LogP contribution in [0.5, 0.6) is 17.2 Å². The summed E-state index contributed by atoms with van der Waals surface area (Å²) in [6.45, 7) is 8.84. The molecule has 0 radical (unpaired) electrons. The largest absolute Gasteiger partial charge is 0.497 e. The van der Waals surface area contributed by atoms with Crippen LogP contribution in [0, 0.1) is 6.92 Å². The summed E-state index contributed by atoms with van der Waals surface area (Å²) in [4.78, 5) is 12.4. The van der Waals surface area contributed by atoms with E-state index >= 15 is 0 Å². The first-order valence-electron chi connectivity index (χ1n) is 10.1. The molecule has 2 rings (SSSR count). The fraction of sp³-hybridized carbons (Fsp3) is 0.458. The number of methoxy groups -OCH3 is 2. The molecule has 5 heteroatoms. The van der Waals surface area contributed by atoms with E-state index in [1.807, 2.05) is 38.1 Å². The third-order valence-corrected chi connectivity index (χ3v) is 4.96. The lowest BCUT2D eigenvalue weighted by Gasteiger charge is -2.21. The lowest BCUT2D eigenvalue weighted by Crippen LogP contribution is -2.27. The van der Waals surface area contributed by atoms with Gasteiger partial charge in [0.2, 0.25) is 5.91 Å². The van der Waals surface area contributed by atoms with Crippen molar-refractivity contribution >= 4 is 5.91 Å². The van der Waals surface area contributed by atoms with E-state index < -0.39 is 0 Å². The molecule has 0 saturated heterocycles. The zero-order valence-electron chi connectivity index (χ0n) is 18.4. The average molecular weight is 400 g/mol. The fourth-order valence-electron chi connectivity index (χ4n) is 3.30. The number of aryl methyl sites for hydroxylation is 1. The van der Waals surface area contributed by atoms with Crippen LogP contribution in [0.25, 0.3) is 0 Å². The van der Waals surface area contributed by atoms with Crippen molar-refractivity contribution in [3.63, 3.8) is 0 Å². The number of ether oxygens (including phenoxy) is 3. The van der Waals surface area contributed by atoms with E-state index in [4.69, 9.17) is 14.2 Å². The van der Waals surface area contributed by atoms with Crippen molar-refractivity contribution in [2.75, 3.05) is 20.8 Å². The summed E-state index contributed by atoms with van der Waals surface area (Å²) >= 11 is 0. The van der Waals surface area contributed by atoms with Gasteiger partial charge in [-0.25, -0.2) is 0 Å². The van der Waals surface area contributed by atoms with Crippen LogP contribution in [0.4, 0.5) is 0 Å². The fourth-order valence-corrected chi connectivity index (χ4v) is 3.30. The Morgan fingerprint density at radius 3 is 2.21 bits per heavy atom. The predicted molar refractivity (Wildman–Crippen MR) is 116 cm³/mol. The van der Waals surface area contributed by atoms with E-state index in [2.05, 4.69) is 31.3 Å². The summed E-state index contributed by atoms with van der Waals surface area (Å²) in [5, 5.41) is 3.10. The van der Waals surface area contributed by atoms with Crippen molar-refractivity contribution < 1.29 is 19.0 Å². The lowest BCUT2D eigenvalue weighted by molar-refractivity contribution is -0.121. The number of hydrogen-bond donors (Lipinski definition) is 1. The molecular weight excluding hydrogens is 366 g/mol. The van der Waals surface area contributed by atoms with E-state index in [1.54, 1.807) is 14.2 Å².